The lowest BCUT2D eigenvalue weighted by Crippen LogP contribution is -1.98. The highest BCUT2D eigenvalue weighted by atomic mass is 32.1. The number of aromatic nitrogens is 1. The quantitative estimate of drug-likeness (QED) is 0.455. The van der Waals surface area contributed by atoms with Crippen LogP contribution in [0, 0.1) is 0 Å². The molecule has 0 bridgehead atoms. The molecular weight excluding hydrogens is 314 g/mol. The number of rotatable bonds is 4. The van der Waals surface area contributed by atoms with Gasteiger partial charge in [0.1, 0.15) is 5.75 Å². The van der Waals surface area contributed by atoms with Gasteiger partial charge in [-0.15, -0.1) is 11.3 Å². The van der Waals surface area contributed by atoms with Gasteiger partial charge < -0.3 is 9.30 Å². The summed E-state index contributed by atoms with van der Waals surface area (Å²) in [5.41, 5.74) is 4.72. The standard InChI is InChI=1S/C21H17NOS/c1-23-18-11-9-16(10-12-18)19-13-14-20(21-8-5-15-24-21)22(19)17-6-3-2-4-7-17/h2-15H,1H3. The minimum absolute atomic E-state index is 0.870. The van der Waals surface area contributed by atoms with Crippen molar-refractivity contribution in [2.24, 2.45) is 0 Å². The summed E-state index contributed by atoms with van der Waals surface area (Å²) in [5.74, 6) is 0.870. The van der Waals surface area contributed by atoms with Crippen molar-refractivity contribution in [3.8, 4) is 33.3 Å². The van der Waals surface area contributed by atoms with E-state index in [0.717, 1.165) is 11.4 Å². The first-order chi connectivity index (χ1) is 11.9. The molecule has 0 radical (unpaired) electrons. The maximum atomic E-state index is 5.28. The highest BCUT2D eigenvalue weighted by Gasteiger charge is 2.14. The Kier molecular flexibility index (Phi) is 3.93. The van der Waals surface area contributed by atoms with E-state index in [1.807, 2.05) is 18.2 Å². The Morgan fingerprint density at radius 1 is 0.750 bits per heavy atom. The second-order valence-electron chi connectivity index (χ2n) is 5.48. The molecule has 0 amide bonds. The number of thiophene rings is 1. The van der Waals surface area contributed by atoms with Crippen molar-refractivity contribution in [2.75, 3.05) is 7.11 Å². The molecule has 0 spiro atoms. The molecular formula is C21H17NOS. The van der Waals surface area contributed by atoms with Crippen LogP contribution in [-0.4, -0.2) is 11.7 Å². The maximum absolute atomic E-state index is 5.28. The van der Waals surface area contributed by atoms with Crippen molar-refractivity contribution in [3.05, 3.63) is 84.2 Å². The predicted octanol–water partition coefficient (Wildman–Crippen LogP) is 5.88. The maximum Gasteiger partial charge on any atom is 0.118 e. The zero-order valence-electron chi connectivity index (χ0n) is 13.3. The van der Waals surface area contributed by atoms with Gasteiger partial charge in [-0.3, -0.25) is 0 Å². The number of nitrogens with zero attached hydrogens (tertiary/aromatic N) is 1. The van der Waals surface area contributed by atoms with Crippen LogP contribution in [0.15, 0.2) is 84.2 Å². The van der Waals surface area contributed by atoms with Crippen LogP contribution in [0.1, 0.15) is 0 Å². The summed E-state index contributed by atoms with van der Waals surface area (Å²) in [6.45, 7) is 0. The zero-order valence-corrected chi connectivity index (χ0v) is 14.2. The van der Waals surface area contributed by atoms with Crippen LogP contribution in [0.5, 0.6) is 5.75 Å². The van der Waals surface area contributed by atoms with Gasteiger partial charge in [0.05, 0.1) is 23.4 Å². The van der Waals surface area contributed by atoms with Gasteiger partial charge >= 0.3 is 0 Å². The largest absolute Gasteiger partial charge is 0.497 e. The lowest BCUT2D eigenvalue weighted by Gasteiger charge is -2.13. The van der Waals surface area contributed by atoms with Gasteiger partial charge in [-0.2, -0.15) is 0 Å². The van der Waals surface area contributed by atoms with Gasteiger partial charge in [-0.25, -0.2) is 0 Å². The highest BCUT2D eigenvalue weighted by Crippen LogP contribution is 2.34. The van der Waals surface area contributed by atoms with Gasteiger partial charge in [-0.1, -0.05) is 24.3 Å². The third kappa shape index (κ3) is 2.63. The van der Waals surface area contributed by atoms with Crippen LogP contribution < -0.4 is 4.74 Å². The van der Waals surface area contributed by atoms with Crippen LogP contribution in [0.4, 0.5) is 0 Å². The summed E-state index contributed by atoms with van der Waals surface area (Å²) in [6, 6.07) is 27.3. The number of para-hydroxylation sites is 1. The molecule has 2 aromatic carbocycles. The molecule has 0 aliphatic carbocycles. The average Bonchev–Trinajstić information content (AvgIpc) is 3.32. The van der Waals surface area contributed by atoms with E-state index in [1.165, 1.54) is 21.8 Å². The topological polar surface area (TPSA) is 14.2 Å². The fourth-order valence-electron chi connectivity index (χ4n) is 2.90. The number of hydrogen-bond acceptors (Lipinski definition) is 2. The molecule has 4 rings (SSSR count). The van der Waals surface area contributed by atoms with E-state index >= 15 is 0 Å². The first kappa shape index (κ1) is 14.8. The summed E-state index contributed by atoms with van der Waals surface area (Å²) in [4.78, 5) is 1.26. The van der Waals surface area contributed by atoms with Crippen molar-refractivity contribution >= 4 is 11.3 Å². The molecule has 24 heavy (non-hydrogen) atoms. The highest BCUT2D eigenvalue weighted by molar-refractivity contribution is 7.13. The fraction of sp³-hybridized carbons (Fsp3) is 0.0476. The molecule has 3 heteroatoms. The lowest BCUT2D eigenvalue weighted by molar-refractivity contribution is 0.415. The number of hydrogen-bond donors (Lipinski definition) is 0. The Hall–Kier alpha value is -2.78. The minimum Gasteiger partial charge on any atom is -0.497 e. The van der Waals surface area contributed by atoms with E-state index in [4.69, 9.17) is 4.74 Å². The molecule has 0 atom stereocenters. The first-order valence-electron chi connectivity index (χ1n) is 7.82. The lowest BCUT2D eigenvalue weighted by atomic mass is 10.1. The molecule has 0 aliphatic rings. The Balaban J connectivity index is 1.91. The molecule has 118 valence electrons. The second kappa shape index (κ2) is 6.38. The van der Waals surface area contributed by atoms with Gasteiger partial charge in [-0.05, 0) is 65.5 Å². The van der Waals surface area contributed by atoms with E-state index < -0.39 is 0 Å². The Bertz CT molecular complexity index is 922. The van der Waals surface area contributed by atoms with Gasteiger partial charge in [0.15, 0.2) is 0 Å². The Morgan fingerprint density at radius 3 is 2.17 bits per heavy atom. The Morgan fingerprint density at radius 2 is 1.50 bits per heavy atom. The van der Waals surface area contributed by atoms with Crippen LogP contribution in [-0.2, 0) is 0 Å². The van der Waals surface area contributed by atoms with Crippen LogP contribution in [0.2, 0.25) is 0 Å². The molecule has 0 unspecified atom stereocenters. The van der Waals surface area contributed by atoms with Crippen LogP contribution >= 0.6 is 11.3 Å². The van der Waals surface area contributed by atoms with E-state index in [2.05, 4.69) is 70.6 Å². The predicted molar refractivity (Wildman–Crippen MR) is 101 cm³/mol. The molecule has 0 saturated carbocycles. The Labute approximate surface area is 145 Å². The monoisotopic (exact) mass is 331 g/mol. The van der Waals surface area contributed by atoms with Crippen molar-refractivity contribution in [3.63, 3.8) is 0 Å². The van der Waals surface area contributed by atoms with Crippen molar-refractivity contribution in [2.45, 2.75) is 0 Å². The SMILES string of the molecule is COc1ccc(-c2ccc(-c3cccs3)n2-c2ccccc2)cc1. The van der Waals surface area contributed by atoms with Gasteiger partial charge in [0.2, 0.25) is 0 Å². The van der Waals surface area contributed by atoms with Gasteiger partial charge in [0, 0.05) is 5.69 Å². The number of benzene rings is 2. The molecule has 2 nitrogen and oxygen atoms in total. The van der Waals surface area contributed by atoms with E-state index in [-0.39, 0.29) is 0 Å². The van der Waals surface area contributed by atoms with Crippen LogP contribution in [0.3, 0.4) is 0 Å². The number of ether oxygens (including phenoxy) is 1. The summed E-state index contributed by atoms with van der Waals surface area (Å²) >= 11 is 1.76. The summed E-state index contributed by atoms with van der Waals surface area (Å²) in [5, 5.41) is 2.12. The van der Waals surface area contributed by atoms with Crippen molar-refractivity contribution < 1.29 is 4.74 Å². The van der Waals surface area contributed by atoms with Gasteiger partial charge in [0.25, 0.3) is 0 Å². The second-order valence-corrected chi connectivity index (χ2v) is 6.43. The smallest absolute Gasteiger partial charge is 0.118 e. The van der Waals surface area contributed by atoms with Crippen molar-refractivity contribution in [1.82, 2.24) is 4.57 Å². The number of methoxy groups -OCH3 is 1. The molecule has 0 N–H and O–H groups in total. The summed E-state index contributed by atoms with van der Waals surface area (Å²) in [7, 11) is 1.69. The molecule has 2 heterocycles. The van der Waals surface area contributed by atoms with E-state index in [0.29, 0.717) is 0 Å². The van der Waals surface area contributed by atoms with Crippen molar-refractivity contribution in [1.29, 1.82) is 0 Å². The molecule has 0 aliphatic heterocycles. The summed E-state index contributed by atoms with van der Waals surface area (Å²) < 4.78 is 7.59. The first-order valence-corrected chi connectivity index (χ1v) is 8.70. The summed E-state index contributed by atoms with van der Waals surface area (Å²) in [6.07, 6.45) is 0. The minimum atomic E-state index is 0.870. The molecule has 2 aromatic heterocycles. The van der Waals surface area contributed by atoms with E-state index in [1.54, 1.807) is 18.4 Å². The zero-order chi connectivity index (χ0) is 16.4. The van der Waals surface area contributed by atoms with Crippen LogP contribution in [0.25, 0.3) is 27.5 Å². The molecule has 0 saturated heterocycles. The molecule has 0 fully saturated rings. The fourth-order valence-corrected chi connectivity index (χ4v) is 3.64. The van der Waals surface area contributed by atoms with E-state index in [9.17, 15) is 0 Å². The normalized spacial score (nSPS) is 10.7. The third-order valence-corrected chi connectivity index (χ3v) is 4.95. The average molecular weight is 331 g/mol. The third-order valence-electron chi connectivity index (χ3n) is 4.05. The molecule has 4 aromatic rings.